The summed E-state index contributed by atoms with van der Waals surface area (Å²) in [5.41, 5.74) is 2.67. The zero-order chi connectivity index (χ0) is 26.4. The Balaban J connectivity index is 1.36. The normalized spacial score (nSPS) is 11.7. The van der Waals surface area contributed by atoms with Gasteiger partial charge >= 0.3 is 0 Å². The van der Waals surface area contributed by atoms with Crippen LogP contribution in [0, 0.1) is 23.7 Å². The number of ketones is 2. The van der Waals surface area contributed by atoms with Gasteiger partial charge in [-0.25, -0.2) is 0 Å². The molecule has 0 heterocycles. The fourth-order valence-corrected chi connectivity index (χ4v) is 3.82. The minimum Gasteiger partial charge on any atom is -0.353 e. The Morgan fingerprint density at radius 1 is 0.500 bits per heavy atom. The molecule has 4 aromatic carbocycles. The molecule has 0 amide bonds. The van der Waals surface area contributed by atoms with E-state index in [2.05, 4.69) is 23.7 Å². The molecule has 2 unspecified atom stereocenters. The third-order valence-corrected chi connectivity index (χ3v) is 5.68. The van der Waals surface area contributed by atoms with Crippen molar-refractivity contribution >= 4 is 11.6 Å². The quantitative estimate of drug-likeness (QED) is 0.191. The van der Waals surface area contributed by atoms with Crippen molar-refractivity contribution in [3.8, 4) is 23.7 Å². The largest absolute Gasteiger partial charge is 0.353 e. The maximum absolute atomic E-state index is 13.0. The average molecular weight is 499 g/mol. The maximum atomic E-state index is 13.0. The Labute approximate surface area is 223 Å². The second kappa shape index (κ2) is 14.1. The topological polar surface area (TPSA) is 52.6 Å². The molecule has 186 valence electrons. The molecule has 38 heavy (non-hydrogen) atoms. The first kappa shape index (κ1) is 26.3. The SMILES string of the molecule is O=C(c1ccccc1)C(OCC#CC#CCOC(C(=O)c1ccccc1)c1ccccc1)c1ccccc1. The minimum absolute atomic E-state index is 0.0345. The van der Waals surface area contributed by atoms with Crippen LogP contribution in [0.5, 0.6) is 0 Å². The molecule has 2 atom stereocenters. The van der Waals surface area contributed by atoms with E-state index in [4.69, 9.17) is 9.47 Å². The summed E-state index contributed by atoms with van der Waals surface area (Å²) < 4.78 is 11.7. The van der Waals surface area contributed by atoms with Gasteiger partial charge in [-0.15, -0.1) is 0 Å². The Bertz CT molecular complexity index is 1330. The van der Waals surface area contributed by atoms with E-state index < -0.39 is 12.2 Å². The first-order valence-electron chi connectivity index (χ1n) is 12.2. The molecule has 0 saturated heterocycles. The lowest BCUT2D eigenvalue weighted by molar-refractivity contribution is 0.0514. The van der Waals surface area contributed by atoms with Crippen LogP contribution in [-0.2, 0) is 9.47 Å². The van der Waals surface area contributed by atoms with Crippen LogP contribution in [0.2, 0.25) is 0 Å². The third-order valence-electron chi connectivity index (χ3n) is 5.68. The van der Waals surface area contributed by atoms with Crippen molar-refractivity contribution < 1.29 is 19.1 Å². The van der Waals surface area contributed by atoms with E-state index in [-0.39, 0.29) is 24.8 Å². The number of Topliss-reactive ketones (excluding diaryl/α,β-unsaturated/α-hetero) is 2. The van der Waals surface area contributed by atoms with Crippen molar-refractivity contribution in [1.29, 1.82) is 0 Å². The maximum Gasteiger partial charge on any atom is 0.196 e. The van der Waals surface area contributed by atoms with Crippen LogP contribution in [0.4, 0.5) is 0 Å². The van der Waals surface area contributed by atoms with Gasteiger partial charge in [0.05, 0.1) is 0 Å². The molecule has 4 aromatic rings. The fourth-order valence-electron chi connectivity index (χ4n) is 3.82. The predicted molar refractivity (Wildman–Crippen MR) is 147 cm³/mol. The van der Waals surface area contributed by atoms with Gasteiger partial charge in [0.15, 0.2) is 11.6 Å². The monoisotopic (exact) mass is 498 g/mol. The molecule has 4 rings (SSSR count). The molecule has 0 aliphatic rings. The second-order valence-electron chi connectivity index (χ2n) is 8.27. The summed E-state index contributed by atoms with van der Waals surface area (Å²) in [6, 6.07) is 36.8. The van der Waals surface area contributed by atoms with Gasteiger partial charge in [0.2, 0.25) is 0 Å². The minimum atomic E-state index is -0.764. The van der Waals surface area contributed by atoms with Crippen molar-refractivity contribution in [3.05, 3.63) is 144 Å². The number of hydrogen-bond donors (Lipinski definition) is 0. The van der Waals surface area contributed by atoms with E-state index in [1.807, 2.05) is 97.1 Å². The second-order valence-corrected chi connectivity index (χ2v) is 8.27. The predicted octanol–water partition coefficient (Wildman–Crippen LogP) is 6.27. The summed E-state index contributed by atoms with van der Waals surface area (Å²) in [4.78, 5) is 26.1. The van der Waals surface area contributed by atoms with Gasteiger partial charge in [-0.05, 0) is 23.0 Å². The molecule has 0 saturated carbocycles. The number of benzene rings is 4. The molecule has 0 bridgehead atoms. The molecule has 4 nitrogen and oxygen atoms in total. The van der Waals surface area contributed by atoms with Gasteiger partial charge in [-0.3, -0.25) is 9.59 Å². The molecule has 0 radical (unpaired) electrons. The number of rotatable bonds is 10. The van der Waals surface area contributed by atoms with Crippen molar-refractivity contribution in [2.24, 2.45) is 0 Å². The van der Waals surface area contributed by atoms with Crippen molar-refractivity contribution in [3.63, 3.8) is 0 Å². The highest BCUT2D eigenvalue weighted by atomic mass is 16.5. The van der Waals surface area contributed by atoms with Crippen LogP contribution in [0.25, 0.3) is 0 Å². The summed E-state index contributed by atoms with van der Waals surface area (Å²) >= 11 is 0. The lowest BCUT2D eigenvalue weighted by Crippen LogP contribution is -2.17. The molecular weight excluding hydrogens is 472 g/mol. The van der Waals surface area contributed by atoms with E-state index in [0.29, 0.717) is 11.1 Å². The highest BCUT2D eigenvalue weighted by Gasteiger charge is 2.23. The van der Waals surface area contributed by atoms with E-state index in [9.17, 15) is 9.59 Å². The van der Waals surface area contributed by atoms with Gasteiger partial charge in [-0.2, -0.15) is 0 Å². The Kier molecular flexibility index (Phi) is 9.78. The van der Waals surface area contributed by atoms with Crippen LogP contribution in [0.15, 0.2) is 121 Å². The standard InChI is InChI=1S/C34H26O4/c35-31(27-17-7-3-8-18-27)33(29-21-11-5-12-22-29)37-25-15-1-2-16-26-38-34(30-23-13-6-14-24-30)32(36)28-19-9-4-10-20-28/h3-14,17-24,33-34H,25-26H2. The Hall–Kier alpha value is -4.74. The summed E-state index contributed by atoms with van der Waals surface area (Å²) in [6.45, 7) is 0.0691. The lowest BCUT2D eigenvalue weighted by Gasteiger charge is -2.16. The molecular formula is C34H26O4. The highest BCUT2D eigenvalue weighted by Crippen LogP contribution is 2.23. The number of ether oxygens (including phenoxy) is 2. The summed E-state index contributed by atoms with van der Waals surface area (Å²) in [5, 5.41) is 0. The lowest BCUT2D eigenvalue weighted by atomic mass is 10.00. The van der Waals surface area contributed by atoms with E-state index in [0.717, 1.165) is 11.1 Å². The van der Waals surface area contributed by atoms with Gasteiger partial charge < -0.3 is 9.47 Å². The summed E-state index contributed by atoms with van der Waals surface area (Å²) in [7, 11) is 0. The fraction of sp³-hybridized carbons (Fsp3) is 0.118. The van der Waals surface area contributed by atoms with Gasteiger partial charge in [0.25, 0.3) is 0 Å². The highest BCUT2D eigenvalue weighted by molar-refractivity contribution is 6.00. The Morgan fingerprint density at radius 3 is 1.16 bits per heavy atom. The third kappa shape index (κ3) is 7.38. The van der Waals surface area contributed by atoms with Crippen LogP contribution in [0.3, 0.4) is 0 Å². The molecule has 0 aliphatic heterocycles. The van der Waals surface area contributed by atoms with E-state index in [1.165, 1.54) is 0 Å². The van der Waals surface area contributed by atoms with E-state index in [1.54, 1.807) is 24.3 Å². The Morgan fingerprint density at radius 2 is 0.816 bits per heavy atom. The van der Waals surface area contributed by atoms with Crippen molar-refractivity contribution in [2.75, 3.05) is 13.2 Å². The van der Waals surface area contributed by atoms with Gasteiger partial charge in [0, 0.05) is 11.1 Å². The molecule has 0 aliphatic carbocycles. The number of hydrogen-bond acceptors (Lipinski definition) is 4. The molecule has 0 aromatic heterocycles. The average Bonchev–Trinajstić information content (AvgIpc) is 2.99. The van der Waals surface area contributed by atoms with Gasteiger partial charge in [-0.1, -0.05) is 133 Å². The molecule has 0 N–H and O–H groups in total. The molecule has 0 spiro atoms. The van der Waals surface area contributed by atoms with Crippen LogP contribution < -0.4 is 0 Å². The van der Waals surface area contributed by atoms with Crippen LogP contribution in [-0.4, -0.2) is 24.8 Å². The van der Waals surface area contributed by atoms with Crippen molar-refractivity contribution in [1.82, 2.24) is 0 Å². The number of carbonyl (C=O) groups excluding carboxylic acids is 2. The number of carbonyl (C=O) groups is 2. The van der Waals surface area contributed by atoms with Crippen LogP contribution in [0.1, 0.15) is 44.1 Å². The first-order chi connectivity index (χ1) is 18.7. The first-order valence-corrected chi connectivity index (χ1v) is 12.2. The van der Waals surface area contributed by atoms with Crippen LogP contribution >= 0.6 is 0 Å². The summed E-state index contributed by atoms with van der Waals surface area (Å²) in [5.74, 6) is 10.9. The zero-order valence-electron chi connectivity index (χ0n) is 20.7. The smallest absolute Gasteiger partial charge is 0.196 e. The van der Waals surface area contributed by atoms with E-state index >= 15 is 0 Å². The van der Waals surface area contributed by atoms with Crippen molar-refractivity contribution in [2.45, 2.75) is 12.2 Å². The molecule has 4 heteroatoms. The molecule has 0 fully saturated rings. The summed E-state index contributed by atoms with van der Waals surface area (Å²) in [6.07, 6.45) is -1.53. The van der Waals surface area contributed by atoms with Gasteiger partial charge in [0.1, 0.15) is 25.4 Å². The zero-order valence-corrected chi connectivity index (χ0v) is 20.7.